The molecular formula is C24H22Cl2FNO4. The van der Waals surface area contributed by atoms with Crippen molar-refractivity contribution in [3.05, 3.63) is 75.5 Å². The van der Waals surface area contributed by atoms with Crippen molar-refractivity contribution in [1.29, 1.82) is 0 Å². The van der Waals surface area contributed by atoms with E-state index in [1.165, 1.54) is 12.1 Å². The molecule has 0 bridgehead atoms. The van der Waals surface area contributed by atoms with E-state index >= 15 is 0 Å². The molecule has 0 spiro atoms. The van der Waals surface area contributed by atoms with Crippen molar-refractivity contribution < 1.29 is 23.3 Å². The Morgan fingerprint density at radius 2 is 1.62 bits per heavy atom. The smallest absolute Gasteiger partial charge is 0.163 e. The Kier molecular flexibility index (Phi) is 7.12. The van der Waals surface area contributed by atoms with Crippen LogP contribution in [0.5, 0.6) is 23.0 Å². The normalized spacial score (nSPS) is 12.4. The summed E-state index contributed by atoms with van der Waals surface area (Å²) >= 11 is 12.6. The number of rotatable bonds is 8. The van der Waals surface area contributed by atoms with Gasteiger partial charge in [0.25, 0.3) is 0 Å². The first-order valence-electron chi connectivity index (χ1n) is 10.2. The Morgan fingerprint density at radius 1 is 0.875 bits per heavy atom. The molecule has 1 N–H and O–H groups in total. The van der Waals surface area contributed by atoms with Crippen molar-refractivity contribution in [3.63, 3.8) is 0 Å². The van der Waals surface area contributed by atoms with Crippen molar-refractivity contribution in [2.45, 2.75) is 20.1 Å². The molecule has 5 nitrogen and oxygen atoms in total. The first-order valence-corrected chi connectivity index (χ1v) is 10.9. The number of hydrogen-bond donors (Lipinski definition) is 1. The molecule has 0 aliphatic carbocycles. The topological polar surface area (TPSA) is 49.0 Å². The molecule has 0 radical (unpaired) electrons. The summed E-state index contributed by atoms with van der Waals surface area (Å²) in [6, 6.07) is 13.4. The second-order valence-corrected chi connectivity index (χ2v) is 7.87. The van der Waals surface area contributed by atoms with Crippen LogP contribution in [0, 0.1) is 5.82 Å². The van der Waals surface area contributed by atoms with Crippen LogP contribution in [0.25, 0.3) is 0 Å². The van der Waals surface area contributed by atoms with Gasteiger partial charge >= 0.3 is 0 Å². The van der Waals surface area contributed by atoms with E-state index in [9.17, 15) is 4.39 Å². The third-order valence-corrected chi connectivity index (χ3v) is 5.54. The van der Waals surface area contributed by atoms with Gasteiger partial charge in [0.2, 0.25) is 0 Å². The molecule has 1 aliphatic rings. The Balaban J connectivity index is 1.48. The molecule has 0 atom stereocenters. The fourth-order valence-electron chi connectivity index (χ4n) is 3.24. The fourth-order valence-corrected chi connectivity index (χ4v) is 3.68. The molecule has 1 heterocycles. The molecule has 0 unspecified atom stereocenters. The van der Waals surface area contributed by atoms with Gasteiger partial charge in [-0.05, 0) is 42.8 Å². The number of ether oxygens (including phenoxy) is 4. The predicted molar refractivity (Wildman–Crippen MR) is 123 cm³/mol. The quantitative estimate of drug-likeness (QED) is 0.401. The number of nitrogens with one attached hydrogen (secondary N) is 1. The van der Waals surface area contributed by atoms with E-state index in [1.807, 2.05) is 31.2 Å². The summed E-state index contributed by atoms with van der Waals surface area (Å²) in [7, 11) is 0. The van der Waals surface area contributed by atoms with Crippen LogP contribution in [-0.4, -0.2) is 19.8 Å². The van der Waals surface area contributed by atoms with Gasteiger partial charge in [-0.15, -0.1) is 0 Å². The lowest BCUT2D eigenvalue weighted by atomic mass is 10.1. The van der Waals surface area contributed by atoms with Crippen LogP contribution in [0.1, 0.15) is 18.1 Å². The van der Waals surface area contributed by atoms with Gasteiger partial charge in [-0.25, -0.2) is 4.39 Å². The summed E-state index contributed by atoms with van der Waals surface area (Å²) in [6.45, 7) is 4.07. The number of hydrogen-bond acceptors (Lipinski definition) is 5. The predicted octanol–water partition coefficient (Wildman–Crippen LogP) is 6.49. The third-order valence-electron chi connectivity index (χ3n) is 4.84. The summed E-state index contributed by atoms with van der Waals surface area (Å²) in [4.78, 5) is 0. The maximum atomic E-state index is 13.3. The molecule has 0 amide bonds. The van der Waals surface area contributed by atoms with Crippen LogP contribution >= 0.6 is 23.2 Å². The van der Waals surface area contributed by atoms with Crippen molar-refractivity contribution >= 4 is 28.9 Å². The van der Waals surface area contributed by atoms with Crippen LogP contribution in [0.3, 0.4) is 0 Å². The largest absolute Gasteiger partial charge is 0.490 e. The molecule has 1 aliphatic heterocycles. The van der Waals surface area contributed by atoms with E-state index in [0.717, 1.165) is 17.0 Å². The lowest BCUT2D eigenvalue weighted by Crippen LogP contribution is -2.15. The maximum absolute atomic E-state index is 13.3. The van der Waals surface area contributed by atoms with Gasteiger partial charge in [-0.1, -0.05) is 29.3 Å². The minimum absolute atomic E-state index is 0.157. The summed E-state index contributed by atoms with van der Waals surface area (Å²) < 4.78 is 36.1. The molecular weight excluding hydrogens is 456 g/mol. The summed E-state index contributed by atoms with van der Waals surface area (Å²) in [5.74, 6) is 2.10. The van der Waals surface area contributed by atoms with Gasteiger partial charge in [0.1, 0.15) is 25.6 Å². The van der Waals surface area contributed by atoms with Crippen molar-refractivity contribution in [2.75, 3.05) is 25.1 Å². The van der Waals surface area contributed by atoms with E-state index < -0.39 is 5.82 Å². The number of halogens is 3. The number of anilines is 1. The van der Waals surface area contributed by atoms with E-state index in [2.05, 4.69) is 5.32 Å². The summed E-state index contributed by atoms with van der Waals surface area (Å²) in [5.41, 5.74) is 2.39. The minimum Gasteiger partial charge on any atom is -0.490 e. The highest BCUT2D eigenvalue weighted by atomic mass is 35.5. The highest BCUT2D eigenvalue weighted by molar-refractivity contribution is 6.31. The molecule has 0 saturated carbocycles. The Hall–Kier alpha value is -2.83. The first kappa shape index (κ1) is 22.4. The van der Waals surface area contributed by atoms with E-state index in [0.29, 0.717) is 59.2 Å². The first-order chi connectivity index (χ1) is 15.5. The molecule has 0 fully saturated rings. The molecule has 8 heteroatoms. The SMILES string of the molecule is CCOc1cc(CNc2ccc3c(c2)OCCO3)c(Cl)cc1OCc1ccc(F)cc1Cl. The van der Waals surface area contributed by atoms with Crippen LogP contribution in [0.2, 0.25) is 10.0 Å². The van der Waals surface area contributed by atoms with E-state index in [1.54, 1.807) is 12.1 Å². The molecule has 168 valence electrons. The average Bonchev–Trinajstić information content (AvgIpc) is 2.79. The van der Waals surface area contributed by atoms with Crippen LogP contribution < -0.4 is 24.3 Å². The van der Waals surface area contributed by atoms with Gasteiger partial charge in [0.05, 0.1) is 11.6 Å². The monoisotopic (exact) mass is 477 g/mol. The van der Waals surface area contributed by atoms with Gasteiger partial charge in [-0.3, -0.25) is 0 Å². The molecule has 3 aromatic rings. The second-order valence-electron chi connectivity index (χ2n) is 7.06. The van der Waals surface area contributed by atoms with Gasteiger partial charge in [0.15, 0.2) is 23.0 Å². The molecule has 4 rings (SSSR count). The minimum atomic E-state index is -0.397. The lowest BCUT2D eigenvalue weighted by molar-refractivity contribution is 0.171. The highest BCUT2D eigenvalue weighted by Crippen LogP contribution is 2.36. The third kappa shape index (κ3) is 5.31. The van der Waals surface area contributed by atoms with Gasteiger partial charge in [-0.2, -0.15) is 0 Å². The lowest BCUT2D eigenvalue weighted by Gasteiger charge is -2.19. The Labute approximate surface area is 196 Å². The van der Waals surface area contributed by atoms with Gasteiger partial charge < -0.3 is 24.3 Å². The molecule has 0 saturated heterocycles. The highest BCUT2D eigenvalue weighted by Gasteiger charge is 2.14. The zero-order chi connectivity index (χ0) is 22.5. The zero-order valence-electron chi connectivity index (χ0n) is 17.4. The summed E-state index contributed by atoms with van der Waals surface area (Å²) in [6.07, 6.45) is 0. The fraction of sp³-hybridized carbons (Fsp3) is 0.250. The number of fused-ring (bicyclic) bond motifs is 1. The second kappa shape index (κ2) is 10.2. The Bertz CT molecular complexity index is 1110. The van der Waals surface area contributed by atoms with Crippen LogP contribution in [0.15, 0.2) is 48.5 Å². The molecule has 3 aromatic carbocycles. The Morgan fingerprint density at radius 3 is 2.41 bits per heavy atom. The van der Waals surface area contributed by atoms with Crippen molar-refractivity contribution in [1.82, 2.24) is 0 Å². The molecule has 32 heavy (non-hydrogen) atoms. The van der Waals surface area contributed by atoms with Crippen LogP contribution in [0.4, 0.5) is 10.1 Å². The standard InChI is InChI=1S/C24H22Cl2FNO4/c1-2-29-22-9-16(13-28-18-5-6-21-23(11-18)31-8-7-30-21)20(26)12-24(22)32-14-15-3-4-17(27)10-19(15)25/h3-6,9-12,28H,2,7-8,13-14H2,1H3. The summed E-state index contributed by atoms with van der Waals surface area (Å²) in [5, 5.41) is 4.17. The van der Waals surface area contributed by atoms with Crippen LogP contribution in [-0.2, 0) is 13.2 Å². The van der Waals surface area contributed by atoms with E-state index in [4.69, 9.17) is 42.1 Å². The molecule has 0 aromatic heterocycles. The average molecular weight is 478 g/mol. The zero-order valence-corrected chi connectivity index (χ0v) is 18.9. The maximum Gasteiger partial charge on any atom is 0.163 e. The van der Waals surface area contributed by atoms with E-state index in [-0.39, 0.29) is 6.61 Å². The number of benzene rings is 3. The van der Waals surface area contributed by atoms with Gasteiger partial charge in [0, 0.05) is 35.0 Å². The van der Waals surface area contributed by atoms with Crippen molar-refractivity contribution in [2.24, 2.45) is 0 Å². The van der Waals surface area contributed by atoms with Crippen molar-refractivity contribution in [3.8, 4) is 23.0 Å².